The van der Waals surface area contributed by atoms with Gasteiger partial charge in [0.1, 0.15) is 0 Å². The van der Waals surface area contributed by atoms with Gasteiger partial charge in [0.2, 0.25) is 6.54 Å². The highest BCUT2D eigenvalue weighted by atomic mass is 19.1. The van der Waals surface area contributed by atoms with Gasteiger partial charge >= 0.3 is 0 Å². The molecule has 0 aliphatic heterocycles. The summed E-state index contributed by atoms with van der Waals surface area (Å²) in [5, 5.41) is 9.40. The average molecular weight is 107 g/mol. The van der Waals surface area contributed by atoms with Crippen LogP contribution in [0, 0.1) is 10.1 Å². The summed E-state index contributed by atoms with van der Waals surface area (Å²) in [4.78, 5) is 8.87. The summed E-state index contributed by atoms with van der Waals surface area (Å²) in [5.74, 6) is 0. The lowest BCUT2D eigenvalue weighted by atomic mass is 10.5. The molecule has 0 fully saturated rings. The largest absolute Gasteiger partial charge is 0.265 e. The molecule has 42 valence electrons. The van der Waals surface area contributed by atoms with E-state index in [-0.39, 0.29) is 13.0 Å². The fourth-order valence-corrected chi connectivity index (χ4v) is 0.189. The molecule has 0 saturated heterocycles. The van der Waals surface area contributed by atoms with Gasteiger partial charge in [0.05, 0.1) is 6.67 Å². The first-order valence-electron chi connectivity index (χ1n) is 1.95. The molecule has 0 aromatic carbocycles. The van der Waals surface area contributed by atoms with Crippen molar-refractivity contribution in [2.75, 3.05) is 13.2 Å². The average Bonchev–Trinajstić information content (AvgIpc) is 1.61. The number of hydrogen-bond acceptors (Lipinski definition) is 2. The van der Waals surface area contributed by atoms with Gasteiger partial charge in [0, 0.05) is 11.3 Å². The van der Waals surface area contributed by atoms with Gasteiger partial charge < -0.3 is 0 Å². The monoisotopic (exact) mass is 107 g/mol. The Morgan fingerprint density at radius 2 is 2.29 bits per heavy atom. The molecule has 0 unspecified atom stereocenters. The molecule has 7 heavy (non-hydrogen) atoms. The highest BCUT2D eigenvalue weighted by Crippen LogP contribution is 1.78. The molecule has 0 aromatic heterocycles. The molecule has 3 nitrogen and oxygen atoms in total. The van der Waals surface area contributed by atoms with Crippen LogP contribution in [0.5, 0.6) is 0 Å². The van der Waals surface area contributed by atoms with Crippen LogP contribution in [0.3, 0.4) is 0 Å². The van der Waals surface area contributed by atoms with Crippen molar-refractivity contribution in [2.24, 2.45) is 0 Å². The summed E-state index contributed by atoms with van der Waals surface area (Å²) >= 11 is 0. The summed E-state index contributed by atoms with van der Waals surface area (Å²) in [6.07, 6.45) is 0.0347. The standard InChI is InChI=1S/C3H6FNO2/c4-2-1-3-5(6)7/h1-3H2. The number of alkyl halides is 1. The van der Waals surface area contributed by atoms with Crippen molar-refractivity contribution in [1.82, 2.24) is 0 Å². The minimum Gasteiger partial charge on any atom is -0.265 e. The molecule has 0 aromatic rings. The molecule has 0 aliphatic carbocycles. The first-order chi connectivity index (χ1) is 3.27. The maximum atomic E-state index is 11.0. The summed E-state index contributed by atoms with van der Waals surface area (Å²) in [6.45, 7) is -0.850. The van der Waals surface area contributed by atoms with E-state index in [9.17, 15) is 14.5 Å². The highest BCUT2D eigenvalue weighted by Gasteiger charge is 1.92. The summed E-state index contributed by atoms with van der Waals surface area (Å²) in [7, 11) is 0. The van der Waals surface area contributed by atoms with Crippen LogP contribution in [0.25, 0.3) is 0 Å². The number of rotatable bonds is 3. The van der Waals surface area contributed by atoms with E-state index in [1.807, 2.05) is 0 Å². The Hall–Kier alpha value is -0.670. The SMILES string of the molecule is O=[N+]([O-])CCCF. The number of nitro groups is 1. The maximum Gasteiger partial charge on any atom is 0.206 e. The van der Waals surface area contributed by atoms with Crippen LogP contribution in [0.2, 0.25) is 0 Å². The van der Waals surface area contributed by atoms with Gasteiger partial charge in [-0.15, -0.1) is 0 Å². The molecule has 0 aliphatic rings. The van der Waals surface area contributed by atoms with E-state index >= 15 is 0 Å². The van der Waals surface area contributed by atoms with Gasteiger partial charge in [0.25, 0.3) is 0 Å². The van der Waals surface area contributed by atoms with Crippen LogP contribution in [0.1, 0.15) is 6.42 Å². The molecule has 4 heteroatoms. The fraction of sp³-hybridized carbons (Fsp3) is 1.00. The van der Waals surface area contributed by atoms with E-state index in [1.54, 1.807) is 0 Å². The third-order valence-corrected chi connectivity index (χ3v) is 0.474. The molecule has 0 atom stereocenters. The predicted octanol–water partition coefficient (Wildman–Crippen LogP) is 0.623. The van der Waals surface area contributed by atoms with Gasteiger partial charge in [-0.2, -0.15) is 0 Å². The molecular formula is C3H6FNO2. The third kappa shape index (κ3) is 5.33. The van der Waals surface area contributed by atoms with Gasteiger partial charge in [-0.05, 0) is 0 Å². The summed E-state index contributed by atoms with van der Waals surface area (Å²) < 4.78 is 11.0. The molecule has 0 rings (SSSR count). The fourth-order valence-electron chi connectivity index (χ4n) is 0.189. The first kappa shape index (κ1) is 6.33. The lowest BCUT2D eigenvalue weighted by Gasteiger charge is -1.83. The number of halogens is 1. The van der Waals surface area contributed by atoms with Crippen LogP contribution in [-0.2, 0) is 0 Å². The topological polar surface area (TPSA) is 43.1 Å². The van der Waals surface area contributed by atoms with E-state index < -0.39 is 11.6 Å². The zero-order valence-corrected chi connectivity index (χ0v) is 3.76. The van der Waals surface area contributed by atoms with Crippen molar-refractivity contribution in [3.05, 3.63) is 10.1 Å². The minimum absolute atomic E-state index is 0.0347. The van der Waals surface area contributed by atoms with Gasteiger partial charge in [-0.3, -0.25) is 14.5 Å². The smallest absolute Gasteiger partial charge is 0.206 e. The summed E-state index contributed by atoms with van der Waals surface area (Å²) in [6, 6.07) is 0. The molecule has 0 radical (unpaired) electrons. The molecule has 0 heterocycles. The van der Waals surface area contributed by atoms with Crippen LogP contribution in [0.15, 0.2) is 0 Å². The quantitative estimate of drug-likeness (QED) is 0.392. The zero-order chi connectivity index (χ0) is 5.70. The molecule has 0 spiro atoms. The van der Waals surface area contributed by atoms with Crippen LogP contribution >= 0.6 is 0 Å². The van der Waals surface area contributed by atoms with Gasteiger partial charge in [-0.25, -0.2) is 0 Å². The van der Waals surface area contributed by atoms with E-state index in [0.717, 1.165) is 0 Å². The molecule has 0 N–H and O–H groups in total. The van der Waals surface area contributed by atoms with Crippen LogP contribution in [0.4, 0.5) is 4.39 Å². The van der Waals surface area contributed by atoms with Crippen molar-refractivity contribution in [3.63, 3.8) is 0 Å². The Kier molecular flexibility index (Phi) is 3.18. The Morgan fingerprint density at radius 3 is 2.43 bits per heavy atom. The van der Waals surface area contributed by atoms with Gasteiger partial charge in [-0.1, -0.05) is 0 Å². The predicted molar refractivity (Wildman–Crippen MR) is 22.5 cm³/mol. The minimum atomic E-state index is -0.596. The molecule has 0 saturated carbocycles. The molecule has 0 bridgehead atoms. The highest BCUT2D eigenvalue weighted by molar-refractivity contribution is 4.27. The lowest BCUT2D eigenvalue weighted by Crippen LogP contribution is -2.00. The lowest BCUT2D eigenvalue weighted by molar-refractivity contribution is -0.480. The van der Waals surface area contributed by atoms with Crippen molar-refractivity contribution in [3.8, 4) is 0 Å². The van der Waals surface area contributed by atoms with Crippen molar-refractivity contribution < 1.29 is 9.31 Å². The van der Waals surface area contributed by atoms with E-state index in [1.165, 1.54) is 0 Å². The molecular weight excluding hydrogens is 101 g/mol. The number of hydrogen-bond donors (Lipinski definition) is 0. The van der Waals surface area contributed by atoms with Crippen LogP contribution < -0.4 is 0 Å². The van der Waals surface area contributed by atoms with Crippen molar-refractivity contribution in [1.29, 1.82) is 0 Å². The Balaban J connectivity index is 2.82. The maximum absolute atomic E-state index is 11.0. The van der Waals surface area contributed by atoms with E-state index in [2.05, 4.69) is 0 Å². The Bertz CT molecular complexity index is 66.0. The second-order valence-electron chi connectivity index (χ2n) is 1.10. The molecule has 0 amide bonds. The second kappa shape index (κ2) is 3.52. The summed E-state index contributed by atoms with van der Waals surface area (Å²) in [5.41, 5.74) is 0. The third-order valence-electron chi connectivity index (χ3n) is 0.474. The first-order valence-corrected chi connectivity index (χ1v) is 1.95. The Labute approximate surface area is 40.3 Å². The van der Waals surface area contributed by atoms with E-state index in [0.29, 0.717) is 0 Å². The van der Waals surface area contributed by atoms with Crippen molar-refractivity contribution in [2.45, 2.75) is 6.42 Å². The normalized spacial score (nSPS) is 8.71. The number of nitrogens with zero attached hydrogens (tertiary/aromatic N) is 1. The van der Waals surface area contributed by atoms with Gasteiger partial charge in [0.15, 0.2) is 0 Å². The zero-order valence-electron chi connectivity index (χ0n) is 3.76. The van der Waals surface area contributed by atoms with Crippen molar-refractivity contribution >= 4 is 0 Å². The van der Waals surface area contributed by atoms with E-state index in [4.69, 9.17) is 0 Å². The Morgan fingerprint density at radius 1 is 1.71 bits per heavy atom. The second-order valence-corrected chi connectivity index (χ2v) is 1.10. The van der Waals surface area contributed by atoms with Crippen LogP contribution in [-0.4, -0.2) is 18.1 Å².